The Bertz CT molecular complexity index is 1040. The fraction of sp³-hybridized carbons (Fsp3) is 0.385. The Morgan fingerprint density at radius 1 is 0.909 bits per heavy atom. The summed E-state index contributed by atoms with van der Waals surface area (Å²) >= 11 is 0. The molecule has 0 unspecified atom stereocenters. The molecule has 2 aromatic rings. The van der Waals surface area contributed by atoms with Crippen LogP contribution in [0.25, 0.3) is 5.57 Å². The Balaban J connectivity index is 1.65. The van der Waals surface area contributed by atoms with Gasteiger partial charge in [0.1, 0.15) is 17.3 Å². The molecular formula is C26H30FN3O3. The lowest BCUT2D eigenvalue weighted by atomic mass is 10.0. The SMILES string of the molecule is CC(C)COc1ccc(C2=C(N3CCN(C)CC3)C(=O)N(Cc3ccc(F)cc3)C2=O)cc1. The van der Waals surface area contributed by atoms with E-state index in [1.165, 1.54) is 17.0 Å². The number of ether oxygens (including phenoxy) is 1. The Hall–Kier alpha value is -3.19. The molecule has 0 bridgehead atoms. The second kappa shape index (κ2) is 9.75. The highest BCUT2D eigenvalue weighted by atomic mass is 19.1. The lowest BCUT2D eigenvalue weighted by Gasteiger charge is -2.34. The van der Waals surface area contributed by atoms with Crippen LogP contribution in [0.4, 0.5) is 4.39 Å². The monoisotopic (exact) mass is 451 g/mol. The van der Waals surface area contributed by atoms with Gasteiger partial charge in [-0.25, -0.2) is 4.39 Å². The van der Waals surface area contributed by atoms with Gasteiger partial charge < -0.3 is 14.5 Å². The third kappa shape index (κ3) is 5.09. The number of amides is 2. The lowest BCUT2D eigenvalue weighted by Crippen LogP contribution is -2.46. The Kier molecular flexibility index (Phi) is 6.79. The van der Waals surface area contributed by atoms with Crippen molar-refractivity contribution in [3.63, 3.8) is 0 Å². The van der Waals surface area contributed by atoms with Crippen molar-refractivity contribution < 1.29 is 18.7 Å². The highest BCUT2D eigenvalue weighted by Crippen LogP contribution is 2.34. The van der Waals surface area contributed by atoms with Crippen LogP contribution in [0.1, 0.15) is 25.0 Å². The molecule has 1 fully saturated rings. The molecule has 33 heavy (non-hydrogen) atoms. The fourth-order valence-electron chi connectivity index (χ4n) is 4.04. The Morgan fingerprint density at radius 2 is 1.55 bits per heavy atom. The summed E-state index contributed by atoms with van der Waals surface area (Å²) in [6, 6.07) is 13.2. The second-order valence-electron chi connectivity index (χ2n) is 9.07. The molecule has 0 aromatic heterocycles. The minimum Gasteiger partial charge on any atom is -0.493 e. The largest absolute Gasteiger partial charge is 0.493 e. The normalized spacial score (nSPS) is 17.5. The standard InChI is InChI=1S/C26H30FN3O3/c1-18(2)17-33-22-10-6-20(7-11-22)23-24(29-14-12-28(3)13-15-29)26(32)30(25(23)31)16-19-4-8-21(27)9-5-19/h4-11,18H,12-17H2,1-3H3. The lowest BCUT2D eigenvalue weighted by molar-refractivity contribution is -0.138. The van der Waals surface area contributed by atoms with Gasteiger partial charge in [0.05, 0.1) is 18.7 Å². The van der Waals surface area contributed by atoms with Gasteiger partial charge in [-0.15, -0.1) is 0 Å². The molecule has 2 aliphatic heterocycles. The summed E-state index contributed by atoms with van der Waals surface area (Å²) in [6.45, 7) is 7.87. The Labute approximate surface area is 194 Å². The number of hydrogen-bond donors (Lipinski definition) is 0. The molecule has 174 valence electrons. The van der Waals surface area contributed by atoms with Crippen LogP contribution in [0.2, 0.25) is 0 Å². The molecule has 2 amide bonds. The summed E-state index contributed by atoms with van der Waals surface area (Å²) in [4.78, 5) is 32.5. The summed E-state index contributed by atoms with van der Waals surface area (Å²) in [5.41, 5.74) is 2.27. The average molecular weight is 452 g/mol. The topological polar surface area (TPSA) is 53.1 Å². The summed E-state index contributed by atoms with van der Waals surface area (Å²) < 4.78 is 19.1. The van der Waals surface area contributed by atoms with E-state index in [-0.39, 0.29) is 24.2 Å². The maximum absolute atomic E-state index is 13.5. The third-order valence-corrected chi connectivity index (χ3v) is 5.94. The highest BCUT2D eigenvalue weighted by molar-refractivity contribution is 6.35. The molecule has 0 aliphatic carbocycles. The molecule has 0 spiro atoms. The van der Waals surface area contributed by atoms with E-state index in [2.05, 4.69) is 18.7 Å². The number of rotatable bonds is 7. The van der Waals surface area contributed by atoms with Gasteiger partial charge in [0.2, 0.25) is 0 Å². The molecule has 7 heteroatoms. The number of carbonyl (C=O) groups excluding carboxylic acids is 2. The number of halogens is 1. The van der Waals surface area contributed by atoms with Crippen molar-refractivity contribution in [2.24, 2.45) is 5.92 Å². The molecule has 2 heterocycles. The van der Waals surface area contributed by atoms with E-state index in [1.807, 2.05) is 36.2 Å². The van der Waals surface area contributed by atoms with Crippen molar-refractivity contribution in [3.8, 4) is 5.75 Å². The number of piperazine rings is 1. The van der Waals surface area contributed by atoms with Crippen LogP contribution in [-0.2, 0) is 16.1 Å². The quantitative estimate of drug-likeness (QED) is 0.604. The maximum atomic E-state index is 13.5. The zero-order chi connectivity index (χ0) is 23.5. The van der Waals surface area contributed by atoms with Gasteiger partial charge in [0.15, 0.2) is 0 Å². The van der Waals surface area contributed by atoms with Crippen molar-refractivity contribution in [2.45, 2.75) is 20.4 Å². The maximum Gasteiger partial charge on any atom is 0.278 e. The first-order chi connectivity index (χ1) is 15.8. The van der Waals surface area contributed by atoms with Crippen molar-refractivity contribution in [2.75, 3.05) is 39.8 Å². The van der Waals surface area contributed by atoms with Gasteiger partial charge in [0.25, 0.3) is 11.8 Å². The molecule has 0 N–H and O–H groups in total. The summed E-state index contributed by atoms with van der Waals surface area (Å²) in [6.07, 6.45) is 0. The van der Waals surface area contributed by atoms with Crippen LogP contribution in [-0.4, -0.2) is 66.3 Å². The summed E-state index contributed by atoms with van der Waals surface area (Å²) in [7, 11) is 2.05. The zero-order valence-corrected chi connectivity index (χ0v) is 19.4. The first-order valence-corrected chi connectivity index (χ1v) is 11.3. The zero-order valence-electron chi connectivity index (χ0n) is 19.4. The number of benzene rings is 2. The van der Waals surface area contributed by atoms with E-state index in [0.29, 0.717) is 48.0 Å². The molecule has 2 aromatic carbocycles. The van der Waals surface area contributed by atoms with Crippen LogP contribution in [0.5, 0.6) is 5.75 Å². The first kappa shape index (κ1) is 23.0. The van der Waals surface area contributed by atoms with Crippen molar-refractivity contribution in [1.82, 2.24) is 14.7 Å². The van der Waals surface area contributed by atoms with Crippen LogP contribution in [0, 0.1) is 11.7 Å². The first-order valence-electron chi connectivity index (χ1n) is 11.3. The molecular weight excluding hydrogens is 421 g/mol. The minimum atomic E-state index is -0.352. The van der Waals surface area contributed by atoms with Crippen molar-refractivity contribution >= 4 is 17.4 Å². The van der Waals surface area contributed by atoms with Gasteiger partial charge >= 0.3 is 0 Å². The number of nitrogens with zero attached hydrogens (tertiary/aromatic N) is 3. The van der Waals surface area contributed by atoms with E-state index in [9.17, 15) is 14.0 Å². The summed E-state index contributed by atoms with van der Waals surface area (Å²) in [5, 5.41) is 0. The number of likely N-dealkylation sites (N-methyl/N-ethyl adjacent to an activating group) is 1. The summed E-state index contributed by atoms with van der Waals surface area (Å²) in [5.74, 6) is 0.159. The number of imide groups is 1. The highest BCUT2D eigenvalue weighted by Gasteiger charge is 2.42. The predicted octanol–water partition coefficient (Wildman–Crippen LogP) is 3.39. The molecule has 6 nitrogen and oxygen atoms in total. The Morgan fingerprint density at radius 3 is 2.15 bits per heavy atom. The van der Waals surface area contributed by atoms with Gasteiger partial charge in [0, 0.05) is 26.2 Å². The van der Waals surface area contributed by atoms with Gasteiger partial charge in [-0.2, -0.15) is 0 Å². The molecule has 2 aliphatic rings. The van der Waals surface area contributed by atoms with Gasteiger partial charge in [-0.05, 0) is 48.4 Å². The fourth-order valence-corrected chi connectivity index (χ4v) is 4.04. The van der Waals surface area contributed by atoms with Gasteiger partial charge in [-0.3, -0.25) is 14.5 Å². The number of hydrogen-bond acceptors (Lipinski definition) is 5. The minimum absolute atomic E-state index is 0.105. The van der Waals surface area contributed by atoms with E-state index in [4.69, 9.17) is 4.74 Å². The average Bonchev–Trinajstić information content (AvgIpc) is 3.05. The molecule has 0 saturated carbocycles. The second-order valence-corrected chi connectivity index (χ2v) is 9.07. The van der Waals surface area contributed by atoms with Gasteiger partial charge in [-0.1, -0.05) is 38.1 Å². The smallest absolute Gasteiger partial charge is 0.278 e. The van der Waals surface area contributed by atoms with E-state index >= 15 is 0 Å². The van der Waals surface area contributed by atoms with Crippen LogP contribution in [0.3, 0.4) is 0 Å². The van der Waals surface area contributed by atoms with Crippen LogP contribution >= 0.6 is 0 Å². The molecule has 0 radical (unpaired) electrons. The van der Waals surface area contributed by atoms with E-state index in [1.54, 1.807) is 12.1 Å². The molecule has 4 rings (SSSR count). The third-order valence-electron chi connectivity index (χ3n) is 5.94. The predicted molar refractivity (Wildman–Crippen MR) is 125 cm³/mol. The molecule has 1 saturated heterocycles. The van der Waals surface area contributed by atoms with Crippen LogP contribution < -0.4 is 4.74 Å². The molecule has 0 atom stereocenters. The van der Waals surface area contributed by atoms with Crippen LogP contribution in [0.15, 0.2) is 54.2 Å². The van der Waals surface area contributed by atoms with E-state index < -0.39 is 0 Å². The number of carbonyl (C=O) groups is 2. The van der Waals surface area contributed by atoms with Crippen molar-refractivity contribution in [3.05, 3.63) is 71.2 Å². The van der Waals surface area contributed by atoms with E-state index in [0.717, 1.165) is 18.8 Å². The van der Waals surface area contributed by atoms with Crippen molar-refractivity contribution in [1.29, 1.82) is 0 Å².